The maximum absolute atomic E-state index is 13.6. The standard InChI is InChI=1S/C31H30N6O5S/c38-29(25-11-8-12-27-26(25)21-34-36-27)35-31(30(39)40,18-5-7-20-33-28-13-4-6-19-32-28)37-43(41,42)24-16-14-23(15-17-24)22-9-2-1-3-10-22/h1-4,6,8-17,19,21,37H,5,7,18,20H2,(H,32,33)(H,34,36)(H,35,38)(H,39,40). The van der Waals surface area contributed by atoms with Gasteiger partial charge in [0.1, 0.15) is 5.82 Å². The van der Waals surface area contributed by atoms with Gasteiger partial charge in [0.25, 0.3) is 5.91 Å². The number of sulfonamides is 1. The molecule has 220 valence electrons. The number of benzene rings is 3. The molecule has 0 bridgehead atoms. The number of amides is 1. The van der Waals surface area contributed by atoms with Gasteiger partial charge >= 0.3 is 5.97 Å². The second-order valence-electron chi connectivity index (χ2n) is 9.90. The molecular weight excluding hydrogens is 568 g/mol. The van der Waals surface area contributed by atoms with Gasteiger partial charge < -0.3 is 15.7 Å². The summed E-state index contributed by atoms with van der Waals surface area (Å²) in [7, 11) is -4.40. The number of anilines is 1. The molecule has 0 aliphatic heterocycles. The van der Waals surface area contributed by atoms with Crippen molar-refractivity contribution in [3.63, 3.8) is 0 Å². The summed E-state index contributed by atoms with van der Waals surface area (Å²) < 4.78 is 29.5. The quantitative estimate of drug-likeness (QED) is 0.0983. The molecule has 12 heteroatoms. The van der Waals surface area contributed by atoms with Gasteiger partial charge in [0.2, 0.25) is 15.7 Å². The van der Waals surface area contributed by atoms with E-state index >= 15 is 0 Å². The lowest BCUT2D eigenvalue weighted by Crippen LogP contribution is -2.65. The summed E-state index contributed by atoms with van der Waals surface area (Å²) in [5, 5.41) is 23.3. The first-order valence-corrected chi connectivity index (χ1v) is 15.1. The van der Waals surface area contributed by atoms with Crippen LogP contribution in [-0.4, -0.2) is 52.8 Å². The average molecular weight is 599 g/mol. The number of carboxylic acids is 1. The minimum Gasteiger partial charge on any atom is -0.478 e. The number of nitrogens with one attached hydrogen (secondary N) is 4. The molecule has 1 unspecified atom stereocenters. The number of hydrogen-bond donors (Lipinski definition) is 5. The number of nitrogens with zero attached hydrogens (tertiary/aromatic N) is 2. The summed E-state index contributed by atoms with van der Waals surface area (Å²) in [5.74, 6) is -1.64. The topological polar surface area (TPSA) is 166 Å². The molecule has 0 spiro atoms. The van der Waals surface area contributed by atoms with E-state index in [1.807, 2.05) is 36.4 Å². The third-order valence-corrected chi connectivity index (χ3v) is 8.46. The highest BCUT2D eigenvalue weighted by Crippen LogP contribution is 2.24. The summed E-state index contributed by atoms with van der Waals surface area (Å²) in [6.45, 7) is 0.461. The molecular formula is C31H30N6O5S. The number of carbonyl (C=O) groups excluding carboxylic acids is 1. The highest BCUT2D eigenvalue weighted by Gasteiger charge is 2.44. The average Bonchev–Trinajstić information content (AvgIpc) is 3.51. The smallest absolute Gasteiger partial charge is 0.345 e. The van der Waals surface area contributed by atoms with Crippen LogP contribution in [0.5, 0.6) is 0 Å². The van der Waals surface area contributed by atoms with Gasteiger partial charge in [-0.3, -0.25) is 9.89 Å². The van der Waals surface area contributed by atoms with E-state index in [0.717, 1.165) is 11.1 Å². The van der Waals surface area contributed by atoms with Crippen LogP contribution >= 0.6 is 0 Å². The Labute approximate surface area is 248 Å². The maximum Gasteiger partial charge on any atom is 0.345 e. The van der Waals surface area contributed by atoms with Crippen LogP contribution in [0.25, 0.3) is 22.0 Å². The first kappa shape index (κ1) is 29.4. The van der Waals surface area contributed by atoms with Crippen LogP contribution in [-0.2, 0) is 14.8 Å². The lowest BCUT2D eigenvalue weighted by Gasteiger charge is -2.31. The molecule has 0 aliphatic rings. The fraction of sp³-hybridized carbons (Fsp3) is 0.161. The number of aliphatic carboxylic acids is 1. The van der Waals surface area contributed by atoms with Gasteiger partial charge in [-0.1, -0.05) is 54.6 Å². The molecule has 5 aromatic rings. The molecule has 5 rings (SSSR count). The second-order valence-corrected chi connectivity index (χ2v) is 11.6. The normalized spacial score (nSPS) is 12.8. The predicted octanol–water partition coefficient (Wildman–Crippen LogP) is 4.40. The Morgan fingerprint density at radius 1 is 0.860 bits per heavy atom. The first-order chi connectivity index (χ1) is 20.8. The molecule has 0 saturated heterocycles. The Bertz CT molecular complexity index is 1810. The molecule has 2 heterocycles. The van der Waals surface area contributed by atoms with E-state index in [-0.39, 0.29) is 23.3 Å². The Morgan fingerprint density at radius 2 is 1.60 bits per heavy atom. The highest BCUT2D eigenvalue weighted by atomic mass is 32.2. The Hall–Kier alpha value is -5.07. The van der Waals surface area contributed by atoms with Crippen LogP contribution in [0.4, 0.5) is 5.82 Å². The van der Waals surface area contributed by atoms with Crippen LogP contribution < -0.4 is 15.4 Å². The van der Waals surface area contributed by atoms with Crippen molar-refractivity contribution in [2.24, 2.45) is 0 Å². The number of rotatable bonds is 13. The Kier molecular flexibility index (Phi) is 8.79. The van der Waals surface area contributed by atoms with Crippen molar-refractivity contribution in [2.75, 3.05) is 11.9 Å². The number of aromatic amines is 1. The summed E-state index contributed by atoms with van der Waals surface area (Å²) in [5.41, 5.74) is 0.0869. The zero-order valence-corrected chi connectivity index (χ0v) is 23.8. The minimum absolute atomic E-state index is 0.138. The van der Waals surface area contributed by atoms with Crippen LogP contribution in [0, 0.1) is 0 Å². The molecule has 2 aromatic heterocycles. The fourth-order valence-electron chi connectivity index (χ4n) is 4.71. The van der Waals surface area contributed by atoms with Gasteiger partial charge in [0, 0.05) is 18.1 Å². The zero-order valence-electron chi connectivity index (χ0n) is 23.0. The van der Waals surface area contributed by atoms with Crippen molar-refractivity contribution < 1.29 is 23.1 Å². The fourth-order valence-corrected chi connectivity index (χ4v) is 6.03. The van der Waals surface area contributed by atoms with Gasteiger partial charge in [-0.25, -0.2) is 18.2 Å². The zero-order chi connectivity index (χ0) is 30.3. The second kappa shape index (κ2) is 12.8. The summed E-state index contributed by atoms with van der Waals surface area (Å²) in [4.78, 5) is 30.4. The molecule has 0 aliphatic carbocycles. The summed E-state index contributed by atoms with van der Waals surface area (Å²) in [6.07, 6.45) is 3.62. The Morgan fingerprint density at radius 3 is 2.33 bits per heavy atom. The molecule has 5 N–H and O–H groups in total. The summed E-state index contributed by atoms with van der Waals surface area (Å²) >= 11 is 0. The van der Waals surface area contributed by atoms with E-state index in [4.69, 9.17) is 0 Å². The molecule has 1 atom stereocenters. The van der Waals surface area contributed by atoms with Crippen LogP contribution in [0.2, 0.25) is 0 Å². The van der Waals surface area contributed by atoms with Gasteiger partial charge in [0.05, 0.1) is 22.2 Å². The number of hydrogen-bond acceptors (Lipinski definition) is 7. The number of pyridine rings is 1. The lowest BCUT2D eigenvalue weighted by atomic mass is 10.0. The predicted molar refractivity (Wildman–Crippen MR) is 163 cm³/mol. The van der Waals surface area contributed by atoms with E-state index in [1.54, 1.807) is 42.6 Å². The van der Waals surface area contributed by atoms with E-state index < -0.39 is 27.6 Å². The lowest BCUT2D eigenvalue weighted by molar-refractivity contribution is -0.145. The summed E-state index contributed by atoms with van der Waals surface area (Å²) in [6, 6.07) is 25.8. The number of fused-ring (bicyclic) bond motifs is 1. The number of unbranched alkanes of at least 4 members (excludes halogenated alkanes) is 1. The van der Waals surface area contributed by atoms with E-state index in [1.165, 1.54) is 24.4 Å². The number of carbonyl (C=O) groups is 2. The SMILES string of the molecule is O=C(NC(CCCCNc1ccccn1)(NS(=O)(=O)c1ccc(-c2ccccc2)cc1)C(=O)O)c1cccc2[nH]ncc12. The van der Waals surface area contributed by atoms with Gasteiger partial charge in [-0.2, -0.15) is 9.82 Å². The molecule has 1 amide bonds. The van der Waals surface area contributed by atoms with Crippen LogP contribution in [0.15, 0.2) is 108 Å². The molecule has 0 radical (unpaired) electrons. The first-order valence-electron chi connectivity index (χ1n) is 13.6. The molecule has 43 heavy (non-hydrogen) atoms. The monoisotopic (exact) mass is 598 g/mol. The van der Waals surface area contributed by atoms with Crippen molar-refractivity contribution in [1.82, 2.24) is 25.2 Å². The van der Waals surface area contributed by atoms with Crippen molar-refractivity contribution in [3.8, 4) is 11.1 Å². The Balaban J connectivity index is 1.40. The molecule has 11 nitrogen and oxygen atoms in total. The van der Waals surface area contributed by atoms with Crippen molar-refractivity contribution >= 4 is 38.6 Å². The number of aromatic nitrogens is 3. The van der Waals surface area contributed by atoms with Gasteiger partial charge in [-0.15, -0.1) is 0 Å². The van der Waals surface area contributed by atoms with Gasteiger partial charge in [-0.05, 0) is 66.8 Å². The van der Waals surface area contributed by atoms with Crippen molar-refractivity contribution in [2.45, 2.75) is 29.8 Å². The third-order valence-electron chi connectivity index (χ3n) is 6.95. The van der Waals surface area contributed by atoms with Gasteiger partial charge in [0.15, 0.2) is 0 Å². The minimum atomic E-state index is -4.40. The van der Waals surface area contributed by atoms with E-state index in [0.29, 0.717) is 29.7 Å². The van der Waals surface area contributed by atoms with Crippen molar-refractivity contribution in [1.29, 1.82) is 0 Å². The molecule has 0 saturated carbocycles. The largest absolute Gasteiger partial charge is 0.478 e. The van der Waals surface area contributed by atoms with Crippen LogP contribution in [0.3, 0.4) is 0 Å². The van der Waals surface area contributed by atoms with E-state index in [2.05, 4.69) is 30.5 Å². The highest BCUT2D eigenvalue weighted by molar-refractivity contribution is 7.89. The van der Waals surface area contributed by atoms with E-state index in [9.17, 15) is 23.1 Å². The number of H-pyrrole nitrogens is 1. The third kappa shape index (κ3) is 6.88. The molecule has 3 aromatic carbocycles. The number of carboxylic acid groups (broad SMARTS) is 1. The van der Waals surface area contributed by atoms with Crippen molar-refractivity contribution in [3.05, 3.63) is 109 Å². The maximum atomic E-state index is 13.6. The molecule has 0 fully saturated rings. The van der Waals surface area contributed by atoms with Crippen LogP contribution in [0.1, 0.15) is 29.6 Å².